The maximum Gasteiger partial charge on any atom is 0.328 e. The fourth-order valence-electron chi connectivity index (χ4n) is 7.53. The van der Waals surface area contributed by atoms with E-state index in [1.807, 2.05) is 72.5 Å². The van der Waals surface area contributed by atoms with Crippen LogP contribution in [-0.4, -0.2) is 42.8 Å². The molecule has 4 atom stereocenters. The van der Waals surface area contributed by atoms with Crippen molar-refractivity contribution in [2.45, 2.75) is 70.5 Å². The molecule has 1 saturated heterocycles. The number of carbonyl (C=O) groups excluding carboxylic acids is 1. The molecular formula is C41H45Cl2NO4Si. The molecule has 1 N–H and O–H groups in total. The molecule has 256 valence electrons. The molecule has 4 aromatic rings. The Morgan fingerprint density at radius 2 is 1.51 bits per heavy atom. The van der Waals surface area contributed by atoms with Crippen LogP contribution in [0.5, 0.6) is 0 Å². The number of nitrogens with zero attached hydrogens (tertiary/aromatic N) is 1. The molecule has 1 fully saturated rings. The fraction of sp³-hybridized carbons (Fsp3) is 0.317. The van der Waals surface area contributed by atoms with Gasteiger partial charge in [0.2, 0.25) is 5.91 Å². The highest BCUT2D eigenvalue weighted by atomic mass is 35.5. The summed E-state index contributed by atoms with van der Waals surface area (Å²) >= 11 is 12.9. The summed E-state index contributed by atoms with van der Waals surface area (Å²) in [7, 11) is -2.94. The van der Waals surface area contributed by atoms with Crippen molar-refractivity contribution in [1.82, 2.24) is 4.90 Å². The van der Waals surface area contributed by atoms with E-state index in [1.165, 1.54) is 0 Å². The number of benzene rings is 4. The van der Waals surface area contributed by atoms with Gasteiger partial charge in [-0.25, -0.2) is 4.79 Å². The summed E-state index contributed by atoms with van der Waals surface area (Å²) in [4.78, 5) is 28.8. The van der Waals surface area contributed by atoms with Gasteiger partial charge in [0.15, 0.2) is 0 Å². The van der Waals surface area contributed by atoms with Crippen LogP contribution < -0.4 is 10.4 Å². The van der Waals surface area contributed by atoms with E-state index in [0.29, 0.717) is 29.5 Å². The Morgan fingerprint density at radius 1 is 0.918 bits per heavy atom. The van der Waals surface area contributed by atoms with Gasteiger partial charge >= 0.3 is 5.97 Å². The van der Waals surface area contributed by atoms with Gasteiger partial charge in [-0.1, -0.05) is 142 Å². The summed E-state index contributed by atoms with van der Waals surface area (Å²) < 4.78 is 7.44. The number of aliphatic carboxylic acids is 1. The molecule has 1 aliphatic rings. The Bertz CT molecular complexity index is 1740. The van der Waals surface area contributed by atoms with E-state index in [-0.39, 0.29) is 28.9 Å². The predicted molar refractivity (Wildman–Crippen MR) is 202 cm³/mol. The topological polar surface area (TPSA) is 66.8 Å². The van der Waals surface area contributed by atoms with Crippen molar-refractivity contribution in [1.29, 1.82) is 0 Å². The number of carboxylic acid groups (broad SMARTS) is 1. The highest BCUT2D eigenvalue weighted by molar-refractivity contribution is 6.99. The normalized spacial score (nSPS) is 20.8. The lowest BCUT2D eigenvalue weighted by molar-refractivity contribution is -0.152. The highest BCUT2D eigenvalue weighted by Gasteiger charge is 2.53. The first-order valence-electron chi connectivity index (χ1n) is 16.8. The van der Waals surface area contributed by atoms with Crippen LogP contribution in [0.1, 0.15) is 70.5 Å². The minimum absolute atomic E-state index is 0.138. The highest BCUT2D eigenvalue weighted by Crippen LogP contribution is 2.52. The summed E-state index contributed by atoms with van der Waals surface area (Å²) in [6.45, 7) is 10.9. The first-order chi connectivity index (χ1) is 23.3. The second-order valence-electron chi connectivity index (χ2n) is 14.2. The maximum atomic E-state index is 15.0. The number of rotatable bonds is 11. The minimum Gasteiger partial charge on any atom is -0.478 e. The summed E-state index contributed by atoms with van der Waals surface area (Å²) in [6, 6.07) is 35.6. The number of hydrogen-bond donors (Lipinski definition) is 1. The molecule has 1 heterocycles. The van der Waals surface area contributed by atoms with Gasteiger partial charge < -0.3 is 14.4 Å². The molecule has 0 spiro atoms. The van der Waals surface area contributed by atoms with Crippen molar-refractivity contribution in [3.8, 4) is 0 Å². The molecule has 0 radical (unpaired) electrons. The Balaban J connectivity index is 1.69. The van der Waals surface area contributed by atoms with Crippen molar-refractivity contribution in [3.63, 3.8) is 0 Å². The molecule has 8 heteroatoms. The van der Waals surface area contributed by atoms with E-state index in [1.54, 1.807) is 6.08 Å². The molecule has 0 unspecified atom stereocenters. The van der Waals surface area contributed by atoms with Gasteiger partial charge in [-0.15, -0.1) is 0 Å². The average molecular weight is 715 g/mol. The largest absolute Gasteiger partial charge is 0.478 e. The number of carbonyl (C=O) groups is 2. The molecular weight excluding hydrogens is 669 g/mol. The number of likely N-dealkylation sites (tertiary alicyclic amines) is 1. The van der Waals surface area contributed by atoms with Crippen molar-refractivity contribution in [2.75, 3.05) is 6.61 Å². The van der Waals surface area contributed by atoms with Crippen molar-refractivity contribution < 1.29 is 19.1 Å². The van der Waals surface area contributed by atoms with Crippen molar-refractivity contribution in [2.24, 2.45) is 5.41 Å². The van der Waals surface area contributed by atoms with Crippen molar-refractivity contribution >= 4 is 53.8 Å². The van der Waals surface area contributed by atoms with Crippen LogP contribution in [0.15, 0.2) is 121 Å². The third-order valence-electron chi connectivity index (χ3n) is 9.90. The minimum atomic E-state index is -2.94. The van der Waals surface area contributed by atoms with E-state index >= 15 is 4.79 Å². The van der Waals surface area contributed by atoms with Crippen LogP contribution in [0.25, 0.3) is 0 Å². The number of hydrogen-bond acceptors (Lipinski definition) is 3. The zero-order valence-electron chi connectivity index (χ0n) is 28.8. The lowest BCUT2D eigenvalue weighted by atomic mass is 9.68. The first-order valence-corrected chi connectivity index (χ1v) is 19.5. The summed E-state index contributed by atoms with van der Waals surface area (Å²) in [6.07, 6.45) is 3.66. The molecule has 0 bridgehead atoms. The fourth-order valence-corrected chi connectivity index (χ4v) is 12.4. The zero-order chi connectivity index (χ0) is 35.4. The van der Waals surface area contributed by atoms with E-state index < -0.39 is 19.7 Å². The Morgan fingerprint density at radius 3 is 2.02 bits per heavy atom. The SMILES string of the molecule is CC[C@@H](CO[Si](c1ccccc1)(c1ccccc1)C(C)(C)C)N1C(=O)[C@@](C)(C=CC(=O)O)C[C@H](c2cccc(Cl)c2)[C@H]1c1ccc(Cl)cc1. The lowest BCUT2D eigenvalue weighted by Crippen LogP contribution is -2.67. The van der Waals surface area contributed by atoms with Gasteiger partial charge in [0.25, 0.3) is 8.32 Å². The molecule has 49 heavy (non-hydrogen) atoms. The zero-order valence-corrected chi connectivity index (χ0v) is 31.3. The molecule has 1 amide bonds. The third kappa shape index (κ3) is 7.58. The number of piperidine rings is 1. The number of carboxylic acids is 1. The smallest absolute Gasteiger partial charge is 0.328 e. The van der Waals surface area contributed by atoms with E-state index in [2.05, 4.69) is 76.2 Å². The second kappa shape index (κ2) is 15.1. The van der Waals surface area contributed by atoms with Gasteiger partial charge in [0.05, 0.1) is 24.1 Å². The van der Waals surface area contributed by atoms with Crippen LogP contribution >= 0.6 is 23.2 Å². The lowest BCUT2D eigenvalue weighted by Gasteiger charge is -2.52. The van der Waals surface area contributed by atoms with Crippen LogP contribution in [0.4, 0.5) is 0 Å². The summed E-state index contributed by atoms with van der Waals surface area (Å²) in [5, 5.41) is 12.9. The first kappa shape index (κ1) is 36.6. The molecule has 0 aliphatic carbocycles. The van der Waals surface area contributed by atoms with E-state index in [0.717, 1.165) is 27.6 Å². The van der Waals surface area contributed by atoms with Gasteiger partial charge in [0.1, 0.15) is 0 Å². The van der Waals surface area contributed by atoms with E-state index in [9.17, 15) is 9.90 Å². The van der Waals surface area contributed by atoms with E-state index in [4.69, 9.17) is 27.6 Å². The standard InChI is InChI=1S/C41H45Cl2NO4Si/c1-6-33(28-48-49(40(2,3)4,34-16-9-7-10-17-34)35-18-11-8-12-19-35)44-38(29-20-22-31(42)23-21-29)36(30-14-13-15-32(43)26-30)27-41(5,39(44)47)25-24-37(45)46/h7-26,33,36,38H,6,27-28H2,1-5H3,(H,45,46)/t33-,36+,38+,41-/m0/s1. The summed E-state index contributed by atoms with van der Waals surface area (Å²) in [5.74, 6) is -1.44. The van der Waals surface area contributed by atoms with Gasteiger partial charge in [-0.3, -0.25) is 4.79 Å². The number of amides is 1. The van der Waals surface area contributed by atoms with Crippen LogP contribution in [0, 0.1) is 5.41 Å². The molecule has 4 aromatic carbocycles. The van der Waals surface area contributed by atoms with Crippen LogP contribution in [-0.2, 0) is 14.0 Å². The Kier molecular flexibility index (Phi) is 11.2. The molecule has 5 rings (SSSR count). The van der Waals surface area contributed by atoms with Crippen LogP contribution in [0.2, 0.25) is 15.1 Å². The number of halogens is 2. The maximum absolute atomic E-state index is 15.0. The molecule has 0 aromatic heterocycles. The summed E-state index contributed by atoms with van der Waals surface area (Å²) in [5.41, 5.74) is 0.817. The molecule has 0 saturated carbocycles. The Hall–Kier alpha value is -3.68. The monoisotopic (exact) mass is 713 g/mol. The van der Waals surface area contributed by atoms with Gasteiger partial charge in [-0.05, 0) is 70.6 Å². The third-order valence-corrected chi connectivity index (χ3v) is 15.4. The van der Waals surface area contributed by atoms with Crippen LogP contribution in [0.3, 0.4) is 0 Å². The predicted octanol–water partition coefficient (Wildman–Crippen LogP) is 9.05. The average Bonchev–Trinajstić information content (AvgIpc) is 3.08. The van der Waals surface area contributed by atoms with Gasteiger partial charge in [0, 0.05) is 22.0 Å². The second-order valence-corrected chi connectivity index (χ2v) is 19.4. The Labute approximate surface area is 301 Å². The molecule has 5 nitrogen and oxygen atoms in total. The molecule has 1 aliphatic heterocycles. The van der Waals surface area contributed by atoms with Crippen molar-refractivity contribution in [3.05, 3.63) is 143 Å². The van der Waals surface area contributed by atoms with Gasteiger partial charge in [-0.2, -0.15) is 0 Å². The quantitative estimate of drug-likeness (QED) is 0.124.